The number of primary amides is 1. The van der Waals surface area contributed by atoms with Crippen LogP contribution in [0.3, 0.4) is 0 Å². The summed E-state index contributed by atoms with van der Waals surface area (Å²) in [5.41, 5.74) is 6.60. The van der Waals surface area contributed by atoms with Crippen LogP contribution in [0.4, 0.5) is 11.4 Å². The van der Waals surface area contributed by atoms with Crippen molar-refractivity contribution < 1.29 is 19.1 Å². The molecular weight excluding hydrogens is 326 g/mol. The van der Waals surface area contributed by atoms with Crippen molar-refractivity contribution in [2.45, 2.75) is 19.4 Å². The van der Waals surface area contributed by atoms with Crippen molar-refractivity contribution >= 4 is 29.1 Å². The van der Waals surface area contributed by atoms with Crippen LogP contribution in [0.25, 0.3) is 0 Å². The van der Waals surface area contributed by atoms with Crippen molar-refractivity contribution in [2.24, 2.45) is 12.8 Å². The number of hydrogen-bond donors (Lipinski definition) is 3. The number of rotatable bonds is 4. The Bertz CT molecular complexity index is 873. The topological polar surface area (TPSA) is 128 Å². The normalized spacial score (nSPS) is 15.8. The Morgan fingerprint density at radius 1 is 1.40 bits per heavy atom. The molecule has 1 aliphatic heterocycles. The lowest BCUT2D eigenvalue weighted by Crippen LogP contribution is -2.39. The fourth-order valence-corrected chi connectivity index (χ4v) is 2.52. The lowest BCUT2D eigenvalue weighted by molar-refractivity contribution is -0.128. The van der Waals surface area contributed by atoms with Gasteiger partial charge in [0.15, 0.2) is 11.8 Å². The third-order valence-electron chi connectivity index (χ3n) is 3.91. The number of aromatic nitrogens is 2. The molecule has 1 aliphatic rings. The van der Waals surface area contributed by atoms with Gasteiger partial charge in [0.1, 0.15) is 5.75 Å². The van der Waals surface area contributed by atoms with E-state index in [0.717, 1.165) is 0 Å². The first-order valence-corrected chi connectivity index (χ1v) is 7.56. The van der Waals surface area contributed by atoms with Crippen LogP contribution in [0.1, 0.15) is 22.6 Å². The third-order valence-corrected chi connectivity index (χ3v) is 3.91. The minimum atomic E-state index is -0.969. The molecule has 1 aromatic heterocycles. The molecule has 9 nitrogen and oxygen atoms in total. The molecule has 1 aromatic carbocycles. The standard InChI is InChI=1S/C16H17N5O4/c1-8-13(14(15(17)23)20-21(8)2)19-12(22)7-11-16(24)18-9-5-3-4-6-10(9)25-11/h3-6,11H,7H2,1-2H3,(H2,17,23)(H,18,24)(H,19,22)/t11-/m1/s1. The van der Waals surface area contributed by atoms with Gasteiger partial charge in [0.05, 0.1) is 23.5 Å². The number of nitrogens with one attached hydrogen (secondary N) is 2. The van der Waals surface area contributed by atoms with E-state index in [1.165, 1.54) is 4.68 Å². The fourth-order valence-electron chi connectivity index (χ4n) is 2.52. The quantitative estimate of drug-likeness (QED) is 0.747. The number of nitrogens with two attached hydrogens (primary N) is 1. The second-order valence-electron chi connectivity index (χ2n) is 5.64. The van der Waals surface area contributed by atoms with Gasteiger partial charge in [-0.1, -0.05) is 12.1 Å². The zero-order valence-electron chi connectivity index (χ0n) is 13.7. The van der Waals surface area contributed by atoms with Gasteiger partial charge in [-0.2, -0.15) is 5.10 Å². The summed E-state index contributed by atoms with van der Waals surface area (Å²) in [6.45, 7) is 1.69. The largest absolute Gasteiger partial charge is 0.478 e. The van der Waals surface area contributed by atoms with Crippen LogP contribution in [0.5, 0.6) is 5.75 Å². The smallest absolute Gasteiger partial charge is 0.271 e. The molecule has 9 heteroatoms. The molecule has 0 saturated carbocycles. The van der Waals surface area contributed by atoms with Crippen molar-refractivity contribution in [2.75, 3.05) is 10.6 Å². The predicted molar refractivity (Wildman–Crippen MR) is 89.2 cm³/mol. The summed E-state index contributed by atoms with van der Waals surface area (Å²) in [7, 11) is 1.63. The van der Waals surface area contributed by atoms with Gasteiger partial charge in [-0.3, -0.25) is 19.1 Å². The van der Waals surface area contributed by atoms with E-state index in [1.807, 2.05) is 0 Å². The zero-order valence-corrected chi connectivity index (χ0v) is 13.7. The highest BCUT2D eigenvalue weighted by molar-refractivity contribution is 6.05. The van der Waals surface area contributed by atoms with Crippen molar-refractivity contribution in [1.29, 1.82) is 0 Å². The van der Waals surface area contributed by atoms with Gasteiger partial charge in [0.25, 0.3) is 11.8 Å². The fraction of sp³-hybridized carbons (Fsp3) is 0.250. The first-order chi connectivity index (χ1) is 11.9. The third kappa shape index (κ3) is 3.16. The molecule has 4 N–H and O–H groups in total. The molecule has 0 bridgehead atoms. The van der Waals surface area contributed by atoms with Crippen LogP contribution < -0.4 is 21.1 Å². The van der Waals surface area contributed by atoms with Crippen molar-refractivity contribution in [3.63, 3.8) is 0 Å². The number of aryl methyl sites for hydroxylation is 1. The Labute approximate surface area is 143 Å². The maximum atomic E-state index is 12.3. The van der Waals surface area contributed by atoms with E-state index in [4.69, 9.17) is 10.5 Å². The maximum absolute atomic E-state index is 12.3. The number of carbonyl (C=O) groups is 3. The molecule has 0 fully saturated rings. The Balaban J connectivity index is 1.74. The van der Waals surface area contributed by atoms with Crippen LogP contribution in [0, 0.1) is 6.92 Å². The Hall–Kier alpha value is -3.36. The second-order valence-corrected chi connectivity index (χ2v) is 5.64. The van der Waals surface area contributed by atoms with Gasteiger partial charge in [-0.05, 0) is 19.1 Å². The summed E-state index contributed by atoms with van der Waals surface area (Å²) in [5.74, 6) is -1.15. The summed E-state index contributed by atoms with van der Waals surface area (Å²) in [6, 6.07) is 6.95. The van der Waals surface area contributed by atoms with Gasteiger partial charge in [-0.25, -0.2) is 0 Å². The summed E-state index contributed by atoms with van der Waals surface area (Å²) in [6.07, 6.45) is -1.18. The number of para-hydroxylation sites is 2. The molecule has 130 valence electrons. The monoisotopic (exact) mass is 343 g/mol. The highest BCUT2D eigenvalue weighted by Gasteiger charge is 2.30. The van der Waals surface area contributed by atoms with E-state index in [2.05, 4.69) is 15.7 Å². The minimum Gasteiger partial charge on any atom is -0.478 e. The SMILES string of the molecule is Cc1c(NC(=O)C[C@H]2Oc3ccccc3NC2=O)c(C(N)=O)nn1C. The number of benzene rings is 1. The number of amides is 3. The molecule has 25 heavy (non-hydrogen) atoms. The first kappa shape index (κ1) is 16.5. The van der Waals surface area contributed by atoms with Crippen molar-refractivity contribution in [3.8, 4) is 5.75 Å². The van der Waals surface area contributed by atoms with Crippen LogP contribution in [0.15, 0.2) is 24.3 Å². The van der Waals surface area contributed by atoms with E-state index in [9.17, 15) is 14.4 Å². The number of anilines is 2. The van der Waals surface area contributed by atoms with Gasteiger partial charge >= 0.3 is 0 Å². The maximum Gasteiger partial charge on any atom is 0.271 e. The van der Waals surface area contributed by atoms with Crippen LogP contribution in [-0.4, -0.2) is 33.6 Å². The molecule has 1 atom stereocenters. The molecular formula is C16H17N5O4. The lowest BCUT2D eigenvalue weighted by Gasteiger charge is -2.25. The van der Waals surface area contributed by atoms with Crippen molar-refractivity contribution in [3.05, 3.63) is 35.7 Å². The van der Waals surface area contributed by atoms with Crippen molar-refractivity contribution in [1.82, 2.24) is 9.78 Å². The Kier molecular flexibility index (Phi) is 4.14. The van der Waals surface area contributed by atoms with Gasteiger partial charge in [-0.15, -0.1) is 0 Å². The molecule has 0 spiro atoms. The average Bonchev–Trinajstić information content (AvgIpc) is 2.84. The highest BCUT2D eigenvalue weighted by atomic mass is 16.5. The molecule has 2 heterocycles. The Morgan fingerprint density at radius 3 is 2.84 bits per heavy atom. The molecule has 2 aromatic rings. The summed E-state index contributed by atoms with van der Waals surface area (Å²) < 4.78 is 7.02. The summed E-state index contributed by atoms with van der Waals surface area (Å²) in [4.78, 5) is 35.9. The molecule has 3 rings (SSSR count). The van der Waals surface area contributed by atoms with E-state index in [-0.39, 0.29) is 17.8 Å². The molecule has 3 amide bonds. The molecule has 0 aliphatic carbocycles. The lowest BCUT2D eigenvalue weighted by atomic mass is 10.1. The number of carbonyl (C=O) groups excluding carboxylic acids is 3. The summed E-state index contributed by atoms with van der Waals surface area (Å²) in [5, 5.41) is 9.25. The summed E-state index contributed by atoms with van der Waals surface area (Å²) >= 11 is 0. The second kappa shape index (κ2) is 6.27. The van der Waals surface area contributed by atoms with Crippen LogP contribution in [0.2, 0.25) is 0 Å². The molecule has 0 saturated heterocycles. The van der Waals surface area contributed by atoms with Gasteiger partial charge < -0.3 is 21.1 Å². The zero-order chi connectivity index (χ0) is 18.1. The van der Waals surface area contributed by atoms with Gasteiger partial charge in [0.2, 0.25) is 5.91 Å². The number of fused-ring (bicyclic) bond motifs is 1. The number of hydrogen-bond acceptors (Lipinski definition) is 5. The highest BCUT2D eigenvalue weighted by Crippen LogP contribution is 2.29. The average molecular weight is 343 g/mol. The predicted octanol–water partition coefficient (Wildman–Crippen LogP) is 0.556. The molecule has 0 radical (unpaired) electrons. The number of ether oxygens (including phenoxy) is 1. The Morgan fingerprint density at radius 2 is 2.12 bits per heavy atom. The number of nitrogens with zero attached hydrogens (tertiary/aromatic N) is 2. The van der Waals surface area contributed by atoms with E-state index >= 15 is 0 Å². The van der Waals surface area contributed by atoms with Gasteiger partial charge in [0, 0.05) is 7.05 Å². The van der Waals surface area contributed by atoms with Crippen LogP contribution >= 0.6 is 0 Å². The van der Waals surface area contributed by atoms with E-state index in [0.29, 0.717) is 17.1 Å². The minimum absolute atomic E-state index is 0.0345. The first-order valence-electron chi connectivity index (χ1n) is 7.56. The van der Waals surface area contributed by atoms with E-state index in [1.54, 1.807) is 38.2 Å². The molecule has 0 unspecified atom stereocenters. The van der Waals surface area contributed by atoms with Crippen LogP contribution in [-0.2, 0) is 16.6 Å². The van der Waals surface area contributed by atoms with E-state index < -0.39 is 23.8 Å².